The summed E-state index contributed by atoms with van der Waals surface area (Å²) in [6, 6.07) is -0.622. The Morgan fingerprint density at radius 2 is 0.733 bits per heavy atom. The Morgan fingerprint density at radius 1 is 0.417 bits per heavy atom. The Labute approximate surface area is 374 Å². The van der Waals surface area contributed by atoms with Gasteiger partial charge in [0.1, 0.15) is 0 Å². The van der Waals surface area contributed by atoms with Crippen LogP contribution in [0.25, 0.3) is 0 Å². The molecule has 3 N–H and O–H groups in total. The molecule has 4 nitrogen and oxygen atoms in total. The van der Waals surface area contributed by atoms with Crippen molar-refractivity contribution >= 4 is 5.91 Å². The van der Waals surface area contributed by atoms with E-state index in [0.29, 0.717) is 6.42 Å². The second-order valence-electron chi connectivity index (χ2n) is 17.6. The van der Waals surface area contributed by atoms with Crippen LogP contribution in [0.4, 0.5) is 0 Å². The molecule has 0 aromatic heterocycles. The monoisotopic (exact) mass is 836 g/mol. The number of allylic oxidation sites excluding steroid dienone is 11. The number of aliphatic hydroxyl groups excluding tert-OH is 2. The number of hydrogen-bond acceptors (Lipinski definition) is 3. The van der Waals surface area contributed by atoms with E-state index >= 15 is 0 Å². The Bertz CT molecular complexity index is 1040. The van der Waals surface area contributed by atoms with Gasteiger partial charge in [0.2, 0.25) is 5.91 Å². The number of carbonyl (C=O) groups excluding carboxylic acids is 1. The molecule has 0 bridgehead atoms. The van der Waals surface area contributed by atoms with Crippen molar-refractivity contribution in [2.75, 3.05) is 6.61 Å². The van der Waals surface area contributed by atoms with Crippen LogP contribution >= 0.6 is 0 Å². The van der Waals surface area contributed by atoms with E-state index in [0.717, 1.165) is 57.8 Å². The van der Waals surface area contributed by atoms with Gasteiger partial charge in [-0.15, -0.1) is 0 Å². The normalized spacial score (nSPS) is 13.5. The van der Waals surface area contributed by atoms with Crippen LogP contribution in [-0.4, -0.2) is 34.9 Å². The van der Waals surface area contributed by atoms with Crippen molar-refractivity contribution in [2.45, 2.75) is 270 Å². The number of carbonyl (C=O) groups is 1. The molecule has 4 heteroatoms. The van der Waals surface area contributed by atoms with E-state index in [4.69, 9.17) is 0 Å². The summed E-state index contributed by atoms with van der Waals surface area (Å²) in [4.78, 5) is 12.4. The minimum Gasteiger partial charge on any atom is -0.394 e. The molecular weight excluding hydrogens is 735 g/mol. The summed E-state index contributed by atoms with van der Waals surface area (Å²) in [5, 5.41) is 23.0. The molecule has 2 unspecified atom stereocenters. The average Bonchev–Trinajstić information content (AvgIpc) is 3.25. The fourth-order valence-corrected chi connectivity index (χ4v) is 7.74. The van der Waals surface area contributed by atoms with E-state index < -0.39 is 12.1 Å². The molecule has 0 aliphatic carbocycles. The highest BCUT2D eigenvalue weighted by Gasteiger charge is 2.18. The molecule has 0 saturated carbocycles. The average molecular weight is 836 g/mol. The summed E-state index contributed by atoms with van der Waals surface area (Å²) in [5.74, 6) is -0.0636. The topological polar surface area (TPSA) is 69.6 Å². The molecule has 0 radical (unpaired) electrons. The molecule has 0 rings (SSSR count). The molecule has 2 atom stereocenters. The smallest absolute Gasteiger partial charge is 0.220 e. The quantitative estimate of drug-likeness (QED) is 0.0422. The first-order chi connectivity index (χ1) is 29.7. The van der Waals surface area contributed by atoms with Gasteiger partial charge >= 0.3 is 0 Å². The van der Waals surface area contributed by atoms with Gasteiger partial charge in [0.05, 0.1) is 18.8 Å². The lowest BCUT2D eigenvalue weighted by Crippen LogP contribution is -2.45. The largest absolute Gasteiger partial charge is 0.394 e. The zero-order valence-electron chi connectivity index (χ0n) is 40.0. The highest BCUT2D eigenvalue weighted by atomic mass is 16.3. The van der Waals surface area contributed by atoms with Crippen molar-refractivity contribution in [1.82, 2.24) is 5.32 Å². The predicted molar refractivity (Wildman–Crippen MR) is 267 cm³/mol. The maximum atomic E-state index is 12.4. The van der Waals surface area contributed by atoms with Crippen molar-refractivity contribution in [2.24, 2.45) is 0 Å². The molecular formula is C56H101NO3. The van der Waals surface area contributed by atoms with E-state index in [1.807, 2.05) is 6.08 Å². The van der Waals surface area contributed by atoms with Gasteiger partial charge in [0.25, 0.3) is 0 Å². The molecule has 1 amide bonds. The van der Waals surface area contributed by atoms with E-state index in [1.165, 1.54) is 180 Å². The lowest BCUT2D eigenvalue weighted by Gasteiger charge is -2.20. The third-order valence-electron chi connectivity index (χ3n) is 11.7. The van der Waals surface area contributed by atoms with E-state index in [1.54, 1.807) is 6.08 Å². The fourth-order valence-electron chi connectivity index (χ4n) is 7.74. The number of rotatable bonds is 47. The highest BCUT2D eigenvalue weighted by molar-refractivity contribution is 5.76. The Morgan fingerprint density at radius 3 is 1.10 bits per heavy atom. The number of amides is 1. The van der Waals surface area contributed by atoms with Gasteiger partial charge in [-0.1, -0.05) is 260 Å². The lowest BCUT2D eigenvalue weighted by molar-refractivity contribution is -0.123. The van der Waals surface area contributed by atoms with Crippen LogP contribution in [-0.2, 0) is 4.79 Å². The van der Waals surface area contributed by atoms with Crippen LogP contribution in [0.3, 0.4) is 0 Å². The van der Waals surface area contributed by atoms with Crippen LogP contribution in [0, 0.1) is 0 Å². The lowest BCUT2D eigenvalue weighted by atomic mass is 10.0. The minimum atomic E-state index is -0.839. The third kappa shape index (κ3) is 46.9. The summed E-state index contributed by atoms with van der Waals surface area (Å²) in [5.41, 5.74) is 0. The highest BCUT2D eigenvalue weighted by Crippen LogP contribution is 2.16. The summed E-state index contributed by atoms with van der Waals surface area (Å²) in [7, 11) is 0. The first-order valence-corrected chi connectivity index (χ1v) is 26.2. The minimum absolute atomic E-state index is 0.0636. The van der Waals surface area contributed by atoms with Crippen LogP contribution in [0.15, 0.2) is 72.9 Å². The molecule has 60 heavy (non-hydrogen) atoms. The first-order valence-electron chi connectivity index (χ1n) is 26.2. The Balaban J connectivity index is 3.46. The van der Waals surface area contributed by atoms with Crippen LogP contribution in [0.1, 0.15) is 258 Å². The Kier molecular flexibility index (Phi) is 49.3. The zero-order chi connectivity index (χ0) is 43.5. The standard InChI is InChI=1S/C56H101NO3/c1-3-5-7-9-11-13-15-17-18-19-20-21-22-23-24-25-26-27-28-29-30-31-32-33-34-35-36-37-38-40-42-44-46-48-50-52-56(60)57-54(53-58)55(59)51-49-47-45-43-41-39-16-14-12-10-8-6-4-2/h5,7,11,13,17-18,20-21,23-24,49,51,54-55,58-59H,3-4,6,8-10,12,14-16,19,22,25-48,50,52-53H2,1-2H3,(H,57,60)/b7-5-,13-11-,18-17-,21-20-,24-23-,51-49+. The summed E-state index contributed by atoms with van der Waals surface area (Å²) in [6.07, 6.45) is 73.4. The summed E-state index contributed by atoms with van der Waals surface area (Å²) in [6.45, 7) is 4.19. The molecule has 0 aliphatic heterocycles. The molecule has 0 saturated heterocycles. The zero-order valence-corrected chi connectivity index (χ0v) is 40.0. The molecule has 0 spiro atoms. The van der Waals surface area contributed by atoms with Crippen molar-refractivity contribution in [3.05, 3.63) is 72.9 Å². The van der Waals surface area contributed by atoms with Crippen molar-refractivity contribution < 1.29 is 15.0 Å². The van der Waals surface area contributed by atoms with Crippen molar-refractivity contribution in [1.29, 1.82) is 0 Å². The van der Waals surface area contributed by atoms with Crippen molar-refractivity contribution in [3.8, 4) is 0 Å². The number of aliphatic hydroxyl groups is 2. The molecule has 348 valence electrons. The summed E-state index contributed by atoms with van der Waals surface area (Å²) >= 11 is 0. The number of nitrogens with one attached hydrogen (secondary N) is 1. The second kappa shape index (κ2) is 51.2. The summed E-state index contributed by atoms with van der Waals surface area (Å²) < 4.78 is 0. The van der Waals surface area contributed by atoms with E-state index in [-0.39, 0.29) is 12.5 Å². The van der Waals surface area contributed by atoms with Crippen molar-refractivity contribution in [3.63, 3.8) is 0 Å². The SMILES string of the molecule is CC/C=C\C/C=C\C/C=C\C/C=C\C/C=C\CCCCCCCCCCCCCCCCCCCCCC(=O)NC(CO)C(O)/C=C/CCCCCCCCCCCCC. The second-order valence-corrected chi connectivity index (χ2v) is 17.6. The van der Waals surface area contributed by atoms with Gasteiger partial charge in [0.15, 0.2) is 0 Å². The van der Waals surface area contributed by atoms with Crippen LogP contribution < -0.4 is 5.32 Å². The van der Waals surface area contributed by atoms with Gasteiger partial charge in [-0.05, 0) is 64.2 Å². The first kappa shape index (κ1) is 57.8. The van der Waals surface area contributed by atoms with Gasteiger partial charge in [0, 0.05) is 6.42 Å². The fraction of sp³-hybridized carbons (Fsp3) is 0.768. The van der Waals surface area contributed by atoms with Crippen LogP contribution in [0.5, 0.6) is 0 Å². The molecule has 0 aromatic rings. The third-order valence-corrected chi connectivity index (χ3v) is 11.7. The van der Waals surface area contributed by atoms with E-state index in [2.05, 4.69) is 79.9 Å². The van der Waals surface area contributed by atoms with E-state index in [9.17, 15) is 15.0 Å². The number of unbranched alkanes of at least 4 members (excludes halogenated alkanes) is 30. The molecule has 0 aliphatic rings. The predicted octanol–water partition coefficient (Wildman–Crippen LogP) is 17.0. The van der Waals surface area contributed by atoms with Gasteiger partial charge in [-0.2, -0.15) is 0 Å². The van der Waals surface area contributed by atoms with Gasteiger partial charge in [-0.25, -0.2) is 0 Å². The van der Waals surface area contributed by atoms with Crippen LogP contribution in [0.2, 0.25) is 0 Å². The van der Waals surface area contributed by atoms with Gasteiger partial charge in [-0.3, -0.25) is 4.79 Å². The molecule has 0 aromatic carbocycles. The number of hydrogen-bond donors (Lipinski definition) is 3. The molecule has 0 fully saturated rings. The molecule has 0 heterocycles. The van der Waals surface area contributed by atoms with Gasteiger partial charge < -0.3 is 15.5 Å². The Hall–Kier alpha value is -2.17. The maximum absolute atomic E-state index is 12.4. The maximum Gasteiger partial charge on any atom is 0.220 e.